The van der Waals surface area contributed by atoms with Crippen molar-refractivity contribution in [2.45, 2.75) is 6.05 Å². The monoisotopic (exact) mass is 142 g/mol. The van der Waals surface area contributed by atoms with Gasteiger partial charge in [0.1, 0.15) is 0 Å². The van der Waals surface area contributed by atoms with Crippen LogP contribution in [0, 0.1) is 0 Å². The standard InChI is InChI=1S/C7H6F2N/c8-7(9,10)6-4-2-1-3-5-6/h1-5,10H. The van der Waals surface area contributed by atoms with Gasteiger partial charge in [-0.3, -0.25) is 0 Å². The summed E-state index contributed by atoms with van der Waals surface area (Å²) in [6.07, 6.45) is 0. The minimum Gasteiger partial charge on any atom is -0.186 e. The van der Waals surface area contributed by atoms with E-state index in [9.17, 15) is 8.78 Å². The van der Waals surface area contributed by atoms with Gasteiger partial charge in [0.05, 0.1) is 0 Å². The topological polar surface area (TPSA) is 23.8 Å². The molecule has 1 aromatic carbocycles. The van der Waals surface area contributed by atoms with Crippen LogP contribution in [0.3, 0.4) is 0 Å². The first-order valence-corrected chi connectivity index (χ1v) is 2.79. The molecule has 0 heterocycles. The SMILES string of the molecule is [NH]C(F)(F)c1ccccc1. The molecule has 0 aromatic heterocycles. The molecule has 0 saturated carbocycles. The van der Waals surface area contributed by atoms with Gasteiger partial charge in [-0.05, 0) is 0 Å². The van der Waals surface area contributed by atoms with Gasteiger partial charge in [0, 0.05) is 5.56 Å². The van der Waals surface area contributed by atoms with Crippen molar-refractivity contribution >= 4 is 0 Å². The van der Waals surface area contributed by atoms with Crippen molar-refractivity contribution in [1.82, 2.24) is 5.73 Å². The molecule has 1 rings (SSSR count). The van der Waals surface area contributed by atoms with Crippen molar-refractivity contribution in [3.63, 3.8) is 0 Å². The predicted octanol–water partition coefficient (Wildman–Crippen LogP) is 2.02. The fraction of sp³-hybridized carbons (Fsp3) is 0.143. The zero-order chi connectivity index (χ0) is 7.61. The highest BCUT2D eigenvalue weighted by atomic mass is 19.3. The van der Waals surface area contributed by atoms with E-state index in [0.717, 1.165) is 0 Å². The zero-order valence-electron chi connectivity index (χ0n) is 5.14. The predicted molar refractivity (Wildman–Crippen MR) is 33.4 cm³/mol. The van der Waals surface area contributed by atoms with Crippen molar-refractivity contribution in [2.24, 2.45) is 0 Å². The molecule has 53 valence electrons. The number of hydrogen-bond donors (Lipinski definition) is 0. The van der Waals surface area contributed by atoms with E-state index < -0.39 is 6.05 Å². The molecule has 0 spiro atoms. The van der Waals surface area contributed by atoms with E-state index in [-0.39, 0.29) is 5.56 Å². The molecule has 0 aliphatic carbocycles. The molecule has 1 aromatic rings. The average Bonchev–Trinajstić information content (AvgIpc) is 1.88. The van der Waals surface area contributed by atoms with Gasteiger partial charge in [0.25, 0.3) is 0 Å². The number of alkyl halides is 2. The summed E-state index contributed by atoms with van der Waals surface area (Å²) in [6, 6.07) is 3.60. The maximum atomic E-state index is 12.1. The second-order valence-electron chi connectivity index (χ2n) is 1.94. The van der Waals surface area contributed by atoms with Crippen LogP contribution in [0.15, 0.2) is 30.3 Å². The maximum Gasteiger partial charge on any atom is 0.341 e. The second kappa shape index (κ2) is 2.34. The third kappa shape index (κ3) is 1.51. The van der Waals surface area contributed by atoms with Crippen LogP contribution in [0.25, 0.3) is 0 Å². The van der Waals surface area contributed by atoms with Crippen LogP contribution in [-0.2, 0) is 6.05 Å². The Balaban J connectivity index is 2.97. The maximum absolute atomic E-state index is 12.1. The third-order valence-corrected chi connectivity index (χ3v) is 1.14. The summed E-state index contributed by atoms with van der Waals surface area (Å²) >= 11 is 0. The van der Waals surface area contributed by atoms with E-state index in [0.29, 0.717) is 0 Å². The first-order valence-electron chi connectivity index (χ1n) is 2.79. The van der Waals surface area contributed by atoms with Crippen LogP contribution >= 0.6 is 0 Å². The van der Waals surface area contributed by atoms with E-state index in [2.05, 4.69) is 0 Å². The smallest absolute Gasteiger partial charge is 0.186 e. The van der Waals surface area contributed by atoms with Crippen LogP contribution in [0.1, 0.15) is 5.56 Å². The number of halogens is 2. The molecule has 1 nitrogen and oxygen atoms in total. The van der Waals surface area contributed by atoms with Crippen molar-refractivity contribution in [1.29, 1.82) is 0 Å². The summed E-state index contributed by atoms with van der Waals surface area (Å²) < 4.78 is 24.2. The van der Waals surface area contributed by atoms with Gasteiger partial charge in [-0.15, -0.1) is 0 Å². The summed E-state index contributed by atoms with van der Waals surface area (Å²) in [4.78, 5) is 0. The highest BCUT2D eigenvalue weighted by Gasteiger charge is 2.25. The average molecular weight is 142 g/mol. The Morgan fingerprint density at radius 2 is 1.60 bits per heavy atom. The van der Waals surface area contributed by atoms with Crippen molar-refractivity contribution in [3.8, 4) is 0 Å². The van der Waals surface area contributed by atoms with E-state index in [1.807, 2.05) is 0 Å². The quantitative estimate of drug-likeness (QED) is 0.535. The Morgan fingerprint density at radius 3 is 1.90 bits per heavy atom. The zero-order valence-corrected chi connectivity index (χ0v) is 5.14. The van der Waals surface area contributed by atoms with E-state index in [1.165, 1.54) is 24.3 Å². The molecule has 0 unspecified atom stereocenters. The van der Waals surface area contributed by atoms with Crippen LogP contribution in [0.5, 0.6) is 0 Å². The molecule has 0 bridgehead atoms. The van der Waals surface area contributed by atoms with Gasteiger partial charge in [-0.25, -0.2) is 0 Å². The Morgan fingerprint density at radius 1 is 1.10 bits per heavy atom. The number of nitrogens with one attached hydrogen (secondary N) is 1. The molecule has 0 aliphatic heterocycles. The molecular weight excluding hydrogens is 136 g/mol. The van der Waals surface area contributed by atoms with Gasteiger partial charge in [0.15, 0.2) is 0 Å². The lowest BCUT2D eigenvalue weighted by Gasteiger charge is -2.07. The second-order valence-corrected chi connectivity index (χ2v) is 1.94. The van der Waals surface area contributed by atoms with Crippen LogP contribution < -0.4 is 5.73 Å². The van der Waals surface area contributed by atoms with Gasteiger partial charge in [0.2, 0.25) is 0 Å². The summed E-state index contributed by atoms with van der Waals surface area (Å²) in [5.41, 5.74) is 6.07. The number of benzene rings is 1. The largest absolute Gasteiger partial charge is 0.341 e. The minimum atomic E-state index is -3.46. The summed E-state index contributed by atoms with van der Waals surface area (Å²) in [7, 11) is 0. The lowest BCUT2D eigenvalue weighted by atomic mass is 10.2. The Kier molecular flexibility index (Phi) is 1.68. The molecule has 0 amide bonds. The van der Waals surface area contributed by atoms with Crippen LogP contribution in [0.4, 0.5) is 8.78 Å². The van der Waals surface area contributed by atoms with Crippen molar-refractivity contribution in [3.05, 3.63) is 35.9 Å². The van der Waals surface area contributed by atoms with E-state index in [1.54, 1.807) is 6.07 Å². The molecule has 3 heteroatoms. The fourth-order valence-corrected chi connectivity index (χ4v) is 0.647. The lowest BCUT2D eigenvalue weighted by molar-refractivity contribution is -0.00597. The first kappa shape index (κ1) is 7.15. The van der Waals surface area contributed by atoms with Crippen LogP contribution in [-0.4, -0.2) is 0 Å². The molecule has 0 saturated heterocycles. The summed E-state index contributed by atoms with van der Waals surface area (Å²) in [6.45, 7) is 0. The molecule has 10 heavy (non-hydrogen) atoms. The van der Waals surface area contributed by atoms with Crippen molar-refractivity contribution < 1.29 is 8.78 Å². The number of hydrogen-bond acceptors (Lipinski definition) is 0. The van der Waals surface area contributed by atoms with Gasteiger partial charge < -0.3 is 0 Å². The van der Waals surface area contributed by atoms with Gasteiger partial charge in [-0.2, -0.15) is 14.5 Å². The molecule has 1 radical (unpaired) electrons. The Bertz CT molecular complexity index is 203. The molecular formula is C7H6F2N. The normalized spacial score (nSPS) is 11.5. The first-order chi connectivity index (χ1) is 4.61. The van der Waals surface area contributed by atoms with Gasteiger partial charge >= 0.3 is 6.05 Å². The fourth-order valence-electron chi connectivity index (χ4n) is 0.647. The molecule has 0 aliphatic rings. The lowest BCUT2D eigenvalue weighted by Crippen LogP contribution is -2.13. The van der Waals surface area contributed by atoms with Gasteiger partial charge in [-0.1, -0.05) is 30.3 Å². The molecule has 1 N–H and O–H groups in total. The number of rotatable bonds is 1. The Hall–Kier alpha value is -0.960. The molecule has 0 fully saturated rings. The highest BCUT2D eigenvalue weighted by Crippen LogP contribution is 2.21. The minimum absolute atomic E-state index is 0.269. The Labute approximate surface area is 57.5 Å². The van der Waals surface area contributed by atoms with E-state index >= 15 is 0 Å². The highest BCUT2D eigenvalue weighted by molar-refractivity contribution is 5.18. The summed E-state index contributed by atoms with van der Waals surface area (Å²) in [5, 5.41) is 0. The summed E-state index contributed by atoms with van der Waals surface area (Å²) in [5.74, 6) is 0. The van der Waals surface area contributed by atoms with E-state index in [4.69, 9.17) is 5.73 Å². The van der Waals surface area contributed by atoms with Crippen molar-refractivity contribution in [2.75, 3.05) is 0 Å². The van der Waals surface area contributed by atoms with Crippen LogP contribution in [0.2, 0.25) is 0 Å². The third-order valence-electron chi connectivity index (χ3n) is 1.14. The molecule has 0 atom stereocenters.